The van der Waals surface area contributed by atoms with E-state index < -0.39 is 0 Å². The number of carbonyl (C=O) groups excluding carboxylic acids is 1. The van der Waals surface area contributed by atoms with Gasteiger partial charge in [0, 0.05) is 18.9 Å². The highest BCUT2D eigenvalue weighted by atomic mass is 35.5. The molecule has 1 amide bonds. The van der Waals surface area contributed by atoms with Gasteiger partial charge in [-0.25, -0.2) is 9.50 Å². The molecule has 1 saturated heterocycles. The van der Waals surface area contributed by atoms with E-state index in [1.54, 1.807) is 16.8 Å². The minimum atomic E-state index is 0.163. The summed E-state index contributed by atoms with van der Waals surface area (Å²) in [6.45, 7) is 1.22. The van der Waals surface area contributed by atoms with Gasteiger partial charge in [0.15, 0.2) is 5.65 Å². The summed E-state index contributed by atoms with van der Waals surface area (Å²) in [5.74, 6) is 0.412. The smallest absolute Gasteiger partial charge is 0.223 e. The molecule has 3 aromatic rings. The Morgan fingerprint density at radius 1 is 1.17 bits per heavy atom. The predicted octanol–water partition coefficient (Wildman–Crippen LogP) is 2.90. The highest BCUT2D eigenvalue weighted by molar-refractivity contribution is 6.29. The number of hydrogen-bond donors (Lipinski definition) is 0. The number of benzene rings is 1. The van der Waals surface area contributed by atoms with E-state index in [9.17, 15) is 4.79 Å². The maximum atomic E-state index is 12.3. The van der Waals surface area contributed by atoms with Gasteiger partial charge in [-0.05, 0) is 17.7 Å². The van der Waals surface area contributed by atoms with Crippen molar-refractivity contribution in [2.75, 3.05) is 6.54 Å². The van der Waals surface area contributed by atoms with Crippen molar-refractivity contribution >= 4 is 23.2 Å². The molecule has 1 aromatic carbocycles. The molecule has 1 unspecified atom stereocenters. The first-order valence-electron chi connectivity index (χ1n) is 7.52. The highest BCUT2D eigenvalue weighted by Gasteiger charge is 2.31. The van der Waals surface area contributed by atoms with Crippen LogP contribution in [0.15, 0.2) is 48.7 Å². The molecule has 5 nitrogen and oxygen atoms in total. The van der Waals surface area contributed by atoms with E-state index in [-0.39, 0.29) is 11.8 Å². The number of fused-ring (bicyclic) bond motifs is 1. The molecular formula is C17H15ClN4O. The number of amides is 1. The summed E-state index contributed by atoms with van der Waals surface area (Å²) in [6, 6.07) is 13.7. The molecule has 1 aliphatic heterocycles. The number of halogens is 1. The first-order valence-corrected chi connectivity index (χ1v) is 7.90. The van der Waals surface area contributed by atoms with E-state index in [2.05, 4.69) is 22.2 Å². The third-order valence-corrected chi connectivity index (χ3v) is 4.44. The van der Waals surface area contributed by atoms with Gasteiger partial charge in [-0.15, -0.1) is 0 Å². The second-order valence-corrected chi connectivity index (χ2v) is 6.15. The summed E-state index contributed by atoms with van der Waals surface area (Å²) in [7, 11) is 0. The summed E-state index contributed by atoms with van der Waals surface area (Å²) in [5, 5.41) is 4.67. The molecule has 0 radical (unpaired) electrons. The van der Waals surface area contributed by atoms with Crippen LogP contribution in [0, 0.1) is 0 Å². The molecule has 2 aromatic heterocycles. The van der Waals surface area contributed by atoms with Crippen molar-refractivity contribution in [2.24, 2.45) is 0 Å². The van der Waals surface area contributed by atoms with E-state index in [4.69, 9.17) is 11.6 Å². The molecule has 0 spiro atoms. The van der Waals surface area contributed by atoms with Gasteiger partial charge in [0.05, 0.1) is 18.4 Å². The van der Waals surface area contributed by atoms with Gasteiger partial charge in [0.2, 0.25) is 5.91 Å². The largest absolute Gasteiger partial charge is 0.336 e. The fraction of sp³-hybridized carbons (Fsp3) is 0.235. The van der Waals surface area contributed by atoms with E-state index in [0.29, 0.717) is 18.1 Å². The Balaban J connectivity index is 1.57. The van der Waals surface area contributed by atoms with Gasteiger partial charge < -0.3 is 4.90 Å². The van der Waals surface area contributed by atoms with Gasteiger partial charge in [0.1, 0.15) is 5.15 Å². The maximum Gasteiger partial charge on any atom is 0.223 e. The standard InChI is InChI=1S/C17H15ClN4O/c18-15-6-7-16-19-9-14(22(16)20-15)11-21-10-13(8-17(21)23)12-4-2-1-3-5-12/h1-7,9,13H,8,10-11H2. The van der Waals surface area contributed by atoms with Crippen LogP contribution in [-0.2, 0) is 11.3 Å². The molecule has 1 fully saturated rings. The lowest BCUT2D eigenvalue weighted by atomic mass is 9.99. The normalized spacial score (nSPS) is 18.0. The molecule has 0 saturated carbocycles. The third kappa shape index (κ3) is 2.68. The van der Waals surface area contributed by atoms with Crippen molar-refractivity contribution < 1.29 is 4.79 Å². The molecule has 0 bridgehead atoms. The van der Waals surface area contributed by atoms with E-state index >= 15 is 0 Å². The zero-order chi connectivity index (χ0) is 15.8. The van der Waals surface area contributed by atoms with Crippen molar-refractivity contribution in [3.63, 3.8) is 0 Å². The molecule has 1 aliphatic rings. The number of hydrogen-bond acceptors (Lipinski definition) is 3. The van der Waals surface area contributed by atoms with Gasteiger partial charge in [-0.3, -0.25) is 4.79 Å². The number of nitrogens with zero attached hydrogens (tertiary/aromatic N) is 4. The number of likely N-dealkylation sites (tertiary alicyclic amines) is 1. The van der Waals surface area contributed by atoms with Gasteiger partial charge in [-0.1, -0.05) is 41.9 Å². The summed E-state index contributed by atoms with van der Waals surface area (Å²) in [6.07, 6.45) is 2.30. The van der Waals surface area contributed by atoms with Gasteiger partial charge in [0.25, 0.3) is 0 Å². The fourth-order valence-corrected chi connectivity index (χ4v) is 3.21. The summed E-state index contributed by atoms with van der Waals surface area (Å²) >= 11 is 5.96. The lowest BCUT2D eigenvalue weighted by Gasteiger charge is -2.16. The lowest BCUT2D eigenvalue weighted by molar-refractivity contribution is -0.128. The molecular weight excluding hydrogens is 312 g/mol. The van der Waals surface area contributed by atoms with Crippen LogP contribution >= 0.6 is 11.6 Å². The Kier molecular flexibility index (Phi) is 3.50. The molecule has 4 rings (SSSR count). The number of rotatable bonds is 3. The Bertz CT molecular complexity index is 861. The van der Waals surface area contributed by atoms with Crippen molar-refractivity contribution in [2.45, 2.75) is 18.9 Å². The zero-order valence-corrected chi connectivity index (χ0v) is 13.1. The molecule has 0 aliphatic carbocycles. The lowest BCUT2D eigenvalue weighted by Crippen LogP contribution is -2.25. The van der Waals surface area contributed by atoms with Crippen LogP contribution in [0.3, 0.4) is 0 Å². The fourth-order valence-electron chi connectivity index (χ4n) is 3.08. The van der Waals surface area contributed by atoms with Crippen LogP contribution in [0.5, 0.6) is 0 Å². The van der Waals surface area contributed by atoms with Crippen LogP contribution in [0.25, 0.3) is 5.65 Å². The Morgan fingerprint density at radius 2 is 2.00 bits per heavy atom. The maximum absolute atomic E-state index is 12.3. The van der Waals surface area contributed by atoms with Crippen molar-refractivity contribution in [1.82, 2.24) is 19.5 Å². The third-order valence-electron chi connectivity index (χ3n) is 4.24. The van der Waals surface area contributed by atoms with Crippen molar-refractivity contribution in [1.29, 1.82) is 0 Å². The first-order chi connectivity index (χ1) is 11.2. The first kappa shape index (κ1) is 14.2. The minimum Gasteiger partial charge on any atom is -0.336 e. The second-order valence-electron chi connectivity index (χ2n) is 5.76. The van der Waals surface area contributed by atoms with Crippen LogP contribution in [0.4, 0.5) is 0 Å². The Morgan fingerprint density at radius 3 is 2.83 bits per heavy atom. The summed E-state index contributed by atoms with van der Waals surface area (Å²) in [4.78, 5) is 18.5. The molecule has 0 N–H and O–H groups in total. The summed E-state index contributed by atoms with van der Waals surface area (Å²) < 4.78 is 1.70. The monoisotopic (exact) mass is 326 g/mol. The molecule has 23 heavy (non-hydrogen) atoms. The van der Waals surface area contributed by atoms with E-state index in [0.717, 1.165) is 17.9 Å². The second kappa shape index (κ2) is 5.66. The average molecular weight is 327 g/mol. The predicted molar refractivity (Wildman–Crippen MR) is 87.2 cm³/mol. The van der Waals surface area contributed by atoms with E-state index in [1.165, 1.54) is 5.56 Å². The number of aromatic nitrogens is 3. The quantitative estimate of drug-likeness (QED) is 0.743. The summed E-state index contributed by atoms with van der Waals surface area (Å²) in [5.41, 5.74) is 2.81. The molecule has 6 heteroatoms. The molecule has 1 atom stereocenters. The van der Waals surface area contributed by atoms with Crippen LogP contribution < -0.4 is 0 Å². The number of carbonyl (C=O) groups is 1. The van der Waals surface area contributed by atoms with Crippen molar-refractivity contribution in [3.05, 3.63) is 65.1 Å². The van der Waals surface area contributed by atoms with Crippen molar-refractivity contribution in [3.8, 4) is 0 Å². The van der Waals surface area contributed by atoms with E-state index in [1.807, 2.05) is 29.2 Å². The van der Waals surface area contributed by atoms with Gasteiger partial charge in [-0.2, -0.15) is 5.10 Å². The SMILES string of the molecule is O=C1CC(c2ccccc2)CN1Cc1cnc2ccc(Cl)nn12. The van der Waals surface area contributed by atoms with Crippen LogP contribution in [0.2, 0.25) is 5.15 Å². The zero-order valence-electron chi connectivity index (χ0n) is 12.4. The topological polar surface area (TPSA) is 50.5 Å². The van der Waals surface area contributed by atoms with Gasteiger partial charge >= 0.3 is 0 Å². The molecule has 3 heterocycles. The Hall–Kier alpha value is -2.40. The minimum absolute atomic E-state index is 0.163. The number of imidazole rings is 1. The Labute approximate surface area is 138 Å². The van der Waals surface area contributed by atoms with Crippen LogP contribution in [-0.4, -0.2) is 31.9 Å². The van der Waals surface area contributed by atoms with Crippen LogP contribution in [0.1, 0.15) is 23.6 Å². The molecule has 116 valence electrons. The highest BCUT2D eigenvalue weighted by Crippen LogP contribution is 2.29. The average Bonchev–Trinajstić information content (AvgIpc) is 3.13.